The van der Waals surface area contributed by atoms with E-state index in [1.807, 2.05) is 26.0 Å². The highest BCUT2D eigenvalue weighted by atomic mass is 16.5. The molecule has 0 bridgehead atoms. The monoisotopic (exact) mass is 277 g/mol. The molecule has 20 heavy (non-hydrogen) atoms. The Morgan fingerprint density at radius 2 is 1.75 bits per heavy atom. The van der Waals surface area contributed by atoms with Crippen molar-refractivity contribution < 1.29 is 14.3 Å². The van der Waals surface area contributed by atoms with Crippen molar-refractivity contribution in [2.45, 2.75) is 26.8 Å². The van der Waals surface area contributed by atoms with Crippen molar-refractivity contribution in [3.63, 3.8) is 0 Å². The molecule has 0 saturated heterocycles. The summed E-state index contributed by atoms with van der Waals surface area (Å²) in [6.07, 6.45) is 2.18. The zero-order chi connectivity index (χ0) is 15.1. The van der Waals surface area contributed by atoms with Crippen LogP contribution in [0.1, 0.15) is 25.0 Å². The van der Waals surface area contributed by atoms with E-state index in [0.717, 1.165) is 17.7 Å². The van der Waals surface area contributed by atoms with Crippen LogP contribution in [0.3, 0.4) is 0 Å². The Labute approximate surface area is 121 Å². The van der Waals surface area contributed by atoms with Gasteiger partial charge in [-0.25, -0.2) is 0 Å². The van der Waals surface area contributed by atoms with Gasteiger partial charge >= 0.3 is 0 Å². The third-order valence-corrected chi connectivity index (χ3v) is 3.20. The molecule has 0 radical (unpaired) electrons. The lowest BCUT2D eigenvalue weighted by Crippen LogP contribution is -2.34. The number of ether oxygens (including phenoxy) is 2. The van der Waals surface area contributed by atoms with Crippen LogP contribution in [0.2, 0.25) is 0 Å². The lowest BCUT2D eigenvalue weighted by atomic mass is 9.98. The summed E-state index contributed by atoms with van der Waals surface area (Å²) < 4.78 is 10.6. The topological polar surface area (TPSA) is 38.8 Å². The molecule has 0 unspecified atom stereocenters. The van der Waals surface area contributed by atoms with Crippen molar-refractivity contribution in [3.05, 3.63) is 35.9 Å². The average Bonchev–Trinajstić information content (AvgIpc) is 2.53. The standard InChI is InChI=1S/C14H17NO3.C2H6/c1-4-14(16)15-6-5-10-7-12(17-2)13(18-3)8-11(10)9-15;1-2/h4,7-8H,1,5-6,9H2,2-3H3;1-2H3. The summed E-state index contributed by atoms with van der Waals surface area (Å²) in [5, 5.41) is 0. The van der Waals surface area contributed by atoms with E-state index >= 15 is 0 Å². The fraction of sp³-hybridized carbons (Fsp3) is 0.438. The van der Waals surface area contributed by atoms with Gasteiger partial charge in [0.1, 0.15) is 0 Å². The van der Waals surface area contributed by atoms with Gasteiger partial charge in [-0.15, -0.1) is 0 Å². The Balaban J connectivity index is 0.000000956. The fourth-order valence-electron chi connectivity index (χ4n) is 2.20. The van der Waals surface area contributed by atoms with Gasteiger partial charge in [0, 0.05) is 13.1 Å². The first-order valence-electron chi connectivity index (χ1n) is 6.84. The maximum atomic E-state index is 11.6. The molecule has 0 atom stereocenters. The highest BCUT2D eigenvalue weighted by Crippen LogP contribution is 2.33. The lowest BCUT2D eigenvalue weighted by molar-refractivity contribution is -0.126. The summed E-state index contributed by atoms with van der Waals surface area (Å²) in [4.78, 5) is 13.4. The van der Waals surface area contributed by atoms with Gasteiger partial charge in [-0.05, 0) is 35.8 Å². The summed E-state index contributed by atoms with van der Waals surface area (Å²) in [6.45, 7) is 8.83. The molecule has 4 nitrogen and oxygen atoms in total. The second-order valence-corrected chi connectivity index (χ2v) is 4.19. The van der Waals surface area contributed by atoms with Crippen molar-refractivity contribution in [1.82, 2.24) is 4.90 Å². The van der Waals surface area contributed by atoms with Crippen LogP contribution in [0.5, 0.6) is 11.5 Å². The fourth-order valence-corrected chi connectivity index (χ4v) is 2.20. The third kappa shape index (κ3) is 3.32. The molecule has 0 fully saturated rings. The van der Waals surface area contributed by atoms with Gasteiger partial charge in [0.15, 0.2) is 11.5 Å². The highest BCUT2D eigenvalue weighted by Gasteiger charge is 2.21. The Kier molecular flexibility index (Phi) is 6.10. The summed E-state index contributed by atoms with van der Waals surface area (Å²) in [6, 6.07) is 3.93. The molecule has 1 aliphatic rings. The average molecular weight is 277 g/mol. The number of amides is 1. The van der Waals surface area contributed by atoms with E-state index in [2.05, 4.69) is 6.58 Å². The van der Waals surface area contributed by atoms with Crippen molar-refractivity contribution in [1.29, 1.82) is 0 Å². The molecule has 0 aliphatic carbocycles. The Bertz CT molecular complexity index is 483. The van der Waals surface area contributed by atoms with Gasteiger partial charge in [0.25, 0.3) is 0 Å². The lowest BCUT2D eigenvalue weighted by Gasteiger charge is -2.28. The van der Waals surface area contributed by atoms with Gasteiger partial charge in [0.2, 0.25) is 5.91 Å². The number of nitrogens with zero attached hydrogens (tertiary/aromatic N) is 1. The maximum absolute atomic E-state index is 11.6. The summed E-state index contributed by atoms with van der Waals surface area (Å²) in [5.41, 5.74) is 2.31. The quantitative estimate of drug-likeness (QED) is 0.797. The number of rotatable bonds is 3. The number of carbonyl (C=O) groups excluding carboxylic acids is 1. The van der Waals surface area contributed by atoms with E-state index in [9.17, 15) is 4.79 Å². The number of carbonyl (C=O) groups is 1. The SMILES string of the molecule is C=CC(=O)N1CCc2cc(OC)c(OC)cc2C1.CC. The first-order valence-corrected chi connectivity index (χ1v) is 6.84. The minimum Gasteiger partial charge on any atom is -0.493 e. The molecular formula is C16H23NO3. The Morgan fingerprint density at radius 3 is 2.25 bits per heavy atom. The number of benzene rings is 1. The molecule has 1 aromatic rings. The van der Waals surface area contributed by atoms with Crippen LogP contribution < -0.4 is 9.47 Å². The predicted octanol–water partition coefficient (Wildman–Crippen LogP) is 2.80. The van der Waals surface area contributed by atoms with Crippen molar-refractivity contribution in [2.75, 3.05) is 20.8 Å². The summed E-state index contributed by atoms with van der Waals surface area (Å²) >= 11 is 0. The molecule has 1 heterocycles. The molecule has 110 valence electrons. The summed E-state index contributed by atoms with van der Waals surface area (Å²) in [7, 11) is 3.24. The molecule has 0 saturated carbocycles. The smallest absolute Gasteiger partial charge is 0.246 e. The molecule has 1 aromatic carbocycles. The Morgan fingerprint density at radius 1 is 1.20 bits per heavy atom. The van der Waals surface area contributed by atoms with Crippen molar-refractivity contribution in [3.8, 4) is 11.5 Å². The second kappa shape index (κ2) is 7.58. The number of hydrogen-bond donors (Lipinski definition) is 0. The van der Waals surface area contributed by atoms with Crippen LogP contribution >= 0.6 is 0 Å². The van der Waals surface area contributed by atoms with Gasteiger partial charge in [-0.1, -0.05) is 20.4 Å². The van der Waals surface area contributed by atoms with E-state index in [1.54, 1.807) is 19.1 Å². The largest absolute Gasteiger partial charge is 0.493 e. The van der Waals surface area contributed by atoms with Crippen LogP contribution in [0.15, 0.2) is 24.8 Å². The van der Waals surface area contributed by atoms with Gasteiger partial charge in [0.05, 0.1) is 14.2 Å². The molecular weight excluding hydrogens is 254 g/mol. The first kappa shape index (κ1) is 16.1. The van der Waals surface area contributed by atoms with E-state index in [-0.39, 0.29) is 5.91 Å². The van der Waals surface area contributed by atoms with Crippen LogP contribution in [0, 0.1) is 0 Å². The molecule has 1 aliphatic heterocycles. The molecule has 1 amide bonds. The molecule has 0 N–H and O–H groups in total. The van der Waals surface area contributed by atoms with Crippen molar-refractivity contribution >= 4 is 5.91 Å². The number of hydrogen-bond acceptors (Lipinski definition) is 3. The first-order chi connectivity index (χ1) is 9.69. The van der Waals surface area contributed by atoms with E-state index < -0.39 is 0 Å². The van der Waals surface area contributed by atoms with Crippen LogP contribution in [-0.2, 0) is 17.8 Å². The van der Waals surface area contributed by atoms with E-state index in [0.29, 0.717) is 18.8 Å². The molecule has 0 spiro atoms. The molecule has 0 aromatic heterocycles. The molecule has 2 rings (SSSR count). The van der Waals surface area contributed by atoms with Crippen LogP contribution in [0.4, 0.5) is 0 Å². The van der Waals surface area contributed by atoms with Gasteiger partial charge < -0.3 is 14.4 Å². The third-order valence-electron chi connectivity index (χ3n) is 3.20. The van der Waals surface area contributed by atoms with E-state index in [4.69, 9.17) is 9.47 Å². The normalized spacial score (nSPS) is 12.7. The van der Waals surface area contributed by atoms with Crippen molar-refractivity contribution in [2.24, 2.45) is 0 Å². The minimum atomic E-state index is -0.0320. The zero-order valence-corrected chi connectivity index (χ0v) is 12.7. The van der Waals surface area contributed by atoms with Gasteiger partial charge in [-0.3, -0.25) is 4.79 Å². The Hall–Kier alpha value is -1.97. The van der Waals surface area contributed by atoms with Crippen LogP contribution in [0.25, 0.3) is 0 Å². The number of fused-ring (bicyclic) bond motifs is 1. The minimum absolute atomic E-state index is 0.0320. The second-order valence-electron chi connectivity index (χ2n) is 4.19. The number of methoxy groups -OCH3 is 2. The predicted molar refractivity (Wildman–Crippen MR) is 80.2 cm³/mol. The van der Waals surface area contributed by atoms with Gasteiger partial charge in [-0.2, -0.15) is 0 Å². The summed E-state index contributed by atoms with van der Waals surface area (Å²) in [5.74, 6) is 1.40. The van der Waals surface area contributed by atoms with E-state index in [1.165, 1.54) is 11.6 Å². The molecule has 4 heteroatoms. The maximum Gasteiger partial charge on any atom is 0.246 e. The van der Waals surface area contributed by atoms with Crippen LogP contribution in [-0.4, -0.2) is 31.6 Å². The zero-order valence-electron chi connectivity index (χ0n) is 12.7. The highest BCUT2D eigenvalue weighted by molar-refractivity contribution is 5.87.